The zero-order valence-electron chi connectivity index (χ0n) is 16.4. The molecule has 1 amide bonds. The number of nitro benzene ring substituents is 1. The molecule has 31 heavy (non-hydrogen) atoms. The predicted molar refractivity (Wildman–Crippen MR) is 117 cm³/mol. The summed E-state index contributed by atoms with van der Waals surface area (Å²) < 4.78 is 11.2. The van der Waals surface area contributed by atoms with Crippen LogP contribution < -0.4 is 14.9 Å². The lowest BCUT2D eigenvalue weighted by molar-refractivity contribution is -0.384. The minimum absolute atomic E-state index is 0.133. The van der Waals surface area contributed by atoms with Gasteiger partial charge in [0.1, 0.15) is 6.61 Å². The maximum Gasteiger partial charge on any atom is 0.271 e. The van der Waals surface area contributed by atoms with Crippen LogP contribution in [0.1, 0.15) is 21.5 Å². The van der Waals surface area contributed by atoms with Gasteiger partial charge in [-0.15, -0.1) is 0 Å². The molecule has 8 nitrogen and oxygen atoms in total. The third kappa shape index (κ3) is 6.03. The molecule has 0 fully saturated rings. The van der Waals surface area contributed by atoms with E-state index in [1.807, 2.05) is 18.2 Å². The lowest BCUT2D eigenvalue weighted by atomic mass is 10.2. The fraction of sp³-hybridized carbons (Fsp3) is 0.0909. The molecule has 3 aromatic carbocycles. The van der Waals surface area contributed by atoms with Crippen LogP contribution in [0.25, 0.3) is 0 Å². The number of methoxy groups -OCH3 is 1. The first-order valence-electron chi connectivity index (χ1n) is 9.09. The second-order valence-electron chi connectivity index (χ2n) is 6.34. The Morgan fingerprint density at radius 2 is 1.94 bits per heavy atom. The summed E-state index contributed by atoms with van der Waals surface area (Å²) in [4.78, 5) is 22.4. The van der Waals surface area contributed by atoms with Crippen LogP contribution in [0.15, 0.2) is 71.8 Å². The van der Waals surface area contributed by atoms with Crippen molar-refractivity contribution in [2.24, 2.45) is 5.10 Å². The minimum atomic E-state index is -0.567. The second-order valence-corrected chi connectivity index (χ2v) is 6.77. The highest BCUT2D eigenvalue weighted by molar-refractivity contribution is 6.30. The Kier molecular flexibility index (Phi) is 7.18. The summed E-state index contributed by atoms with van der Waals surface area (Å²) in [5, 5.41) is 15.3. The topological polar surface area (TPSA) is 103 Å². The summed E-state index contributed by atoms with van der Waals surface area (Å²) in [6, 6.07) is 17.9. The van der Waals surface area contributed by atoms with Gasteiger partial charge in [-0.2, -0.15) is 5.10 Å². The van der Waals surface area contributed by atoms with Gasteiger partial charge in [0.05, 0.1) is 18.2 Å². The van der Waals surface area contributed by atoms with E-state index in [2.05, 4.69) is 10.5 Å². The molecule has 0 spiro atoms. The average Bonchev–Trinajstić information content (AvgIpc) is 2.78. The van der Waals surface area contributed by atoms with Gasteiger partial charge in [0, 0.05) is 22.7 Å². The maximum atomic E-state index is 12.1. The third-order valence-corrected chi connectivity index (χ3v) is 4.41. The molecule has 0 aliphatic heterocycles. The molecule has 3 rings (SSSR count). The Labute approximate surface area is 183 Å². The molecule has 0 aliphatic carbocycles. The first-order chi connectivity index (χ1) is 15.0. The van der Waals surface area contributed by atoms with Gasteiger partial charge in [-0.25, -0.2) is 5.43 Å². The standard InChI is InChI=1S/C22H18ClN3O5/c1-30-21-11-15(8-9-20(21)31-14-16-4-2-6-18(23)10-16)13-24-25-22(27)17-5-3-7-19(12-17)26(28)29/h2-13H,14H2,1H3,(H,25,27)/b24-13+. The molecule has 158 valence electrons. The lowest BCUT2D eigenvalue weighted by Gasteiger charge is -2.11. The van der Waals surface area contributed by atoms with E-state index in [1.165, 1.54) is 37.6 Å². The van der Waals surface area contributed by atoms with Crippen molar-refractivity contribution in [1.82, 2.24) is 5.43 Å². The molecule has 0 saturated carbocycles. The number of hydrazone groups is 1. The fourth-order valence-electron chi connectivity index (χ4n) is 2.66. The molecular formula is C22H18ClN3O5. The first-order valence-corrected chi connectivity index (χ1v) is 9.47. The van der Waals surface area contributed by atoms with E-state index >= 15 is 0 Å². The van der Waals surface area contributed by atoms with Crippen LogP contribution in [0, 0.1) is 10.1 Å². The summed E-state index contributed by atoms with van der Waals surface area (Å²) >= 11 is 5.98. The number of nitrogens with one attached hydrogen (secondary N) is 1. The van der Waals surface area contributed by atoms with E-state index in [-0.39, 0.29) is 11.3 Å². The fourth-order valence-corrected chi connectivity index (χ4v) is 2.88. The number of amides is 1. The van der Waals surface area contributed by atoms with Crippen molar-refractivity contribution in [2.75, 3.05) is 7.11 Å². The summed E-state index contributed by atoms with van der Waals surface area (Å²) in [6.07, 6.45) is 1.43. The van der Waals surface area contributed by atoms with E-state index in [0.717, 1.165) is 5.56 Å². The molecule has 9 heteroatoms. The van der Waals surface area contributed by atoms with E-state index in [1.54, 1.807) is 24.3 Å². The zero-order valence-corrected chi connectivity index (χ0v) is 17.2. The summed E-state index contributed by atoms with van der Waals surface area (Å²) in [7, 11) is 1.52. The number of nitrogens with zero attached hydrogens (tertiary/aromatic N) is 2. The molecule has 0 aromatic heterocycles. The van der Waals surface area contributed by atoms with Gasteiger partial charge in [0.2, 0.25) is 0 Å². The Morgan fingerprint density at radius 1 is 1.13 bits per heavy atom. The van der Waals surface area contributed by atoms with Gasteiger partial charge < -0.3 is 9.47 Å². The molecule has 0 aliphatic rings. The van der Waals surface area contributed by atoms with Crippen LogP contribution in [0.5, 0.6) is 11.5 Å². The smallest absolute Gasteiger partial charge is 0.271 e. The molecule has 0 heterocycles. The van der Waals surface area contributed by atoms with Gasteiger partial charge in [-0.1, -0.05) is 29.8 Å². The molecule has 0 bridgehead atoms. The highest BCUT2D eigenvalue weighted by Crippen LogP contribution is 2.28. The van der Waals surface area contributed by atoms with Gasteiger partial charge in [0.25, 0.3) is 11.6 Å². The number of hydrogen-bond donors (Lipinski definition) is 1. The van der Waals surface area contributed by atoms with Crippen molar-refractivity contribution in [1.29, 1.82) is 0 Å². The van der Waals surface area contributed by atoms with Gasteiger partial charge >= 0.3 is 0 Å². The maximum absolute atomic E-state index is 12.1. The number of non-ortho nitro benzene ring substituents is 1. The SMILES string of the molecule is COc1cc(/C=N/NC(=O)c2cccc([N+](=O)[O-])c2)ccc1OCc1cccc(Cl)c1. The van der Waals surface area contributed by atoms with Gasteiger partial charge in [-0.05, 0) is 47.5 Å². The Morgan fingerprint density at radius 3 is 2.68 bits per heavy atom. The zero-order chi connectivity index (χ0) is 22.2. The van der Waals surface area contributed by atoms with E-state index in [0.29, 0.717) is 28.7 Å². The molecular weight excluding hydrogens is 422 g/mol. The molecule has 0 unspecified atom stereocenters. The van der Waals surface area contributed by atoms with Crippen molar-refractivity contribution in [3.05, 3.63) is 98.6 Å². The quantitative estimate of drug-likeness (QED) is 0.314. The number of nitro groups is 1. The molecule has 0 atom stereocenters. The van der Waals surface area contributed by atoms with Crippen molar-refractivity contribution in [3.8, 4) is 11.5 Å². The summed E-state index contributed by atoms with van der Waals surface area (Å²) in [6.45, 7) is 0.323. The number of hydrogen-bond acceptors (Lipinski definition) is 6. The van der Waals surface area contributed by atoms with Gasteiger partial charge in [-0.3, -0.25) is 14.9 Å². The van der Waals surface area contributed by atoms with Gasteiger partial charge in [0.15, 0.2) is 11.5 Å². The van der Waals surface area contributed by atoms with Crippen LogP contribution in [0.3, 0.4) is 0 Å². The minimum Gasteiger partial charge on any atom is -0.493 e. The molecule has 3 aromatic rings. The average molecular weight is 440 g/mol. The van der Waals surface area contributed by atoms with Crippen molar-refractivity contribution in [2.45, 2.75) is 6.61 Å². The molecule has 1 N–H and O–H groups in total. The van der Waals surface area contributed by atoms with E-state index < -0.39 is 10.8 Å². The van der Waals surface area contributed by atoms with Crippen LogP contribution in [0.4, 0.5) is 5.69 Å². The molecule has 0 radical (unpaired) electrons. The van der Waals surface area contributed by atoms with Crippen molar-refractivity contribution in [3.63, 3.8) is 0 Å². The Hall–Kier alpha value is -3.91. The number of carbonyl (C=O) groups excluding carboxylic acids is 1. The van der Waals surface area contributed by atoms with E-state index in [9.17, 15) is 14.9 Å². The monoisotopic (exact) mass is 439 g/mol. The number of rotatable bonds is 8. The number of halogens is 1. The highest BCUT2D eigenvalue weighted by atomic mass is 35.5. The van der Waals surface area contributed by atoms with Crippen molar-refractivity contribution < 1.29 is 19.2 Å². The van der Waals surface area contributed by atoms with Crippen LogP contribution >= 0.6 is 11.6 Å². The Bertz CT molecular complexity index is 1130. The highest BCUT2D eigenvalue weighted by Gasteiger charge is 2.11. The van der Waals surface area contributed by atoms with Crippen LogP contribution in [-0.4, -0.2) is 24.2 Å². The Balaban J connectivity index is 1.64. The number of ether oxygens (including phenoxy) is 2. The summed E-state index contributed by atoms with van der Waals surface area (Å²) in [5.74, 6) is 0.477. The number of benzene rings is 3. The van der Waals surface area contributed by atoms with Crippen molar-refractivity contribution >= 4 is 29.4 Å². The largest absolute Gasteiger partial charge is 0.493 e. The normalized spacial score (nSPS) is 10.6. The van der Waals surface area contributed by atoms with Crippen LogP contribution in [-0.2, 0) is 6.61 Å². The second kappa shape index (κ2) is 10.2. The predicted octanol–water partition coefficient (Wildman–Crippen LogP) is 4.60. The first kappa shape index (κ1) is 21.8. The van der Waals surface area contributed by atoms with E-state index in [4.69, 9.17) is 21.1 Å². The lowest BCUT2D eigenvalue weighted by Crippen LogP contribution is -2.17. The molecule has 0 saturated heterocycles. The van der Waals surface area contributed by atoms with Crippen LogP contribution in [0.2, 0.25) is 5.02 Å². The summed E-state index contributed by atoms with van der Waals surface area (Å²) in [5.41, 5.74) is 3.88. The number of carbonyl (C=O) groups is 1. The third-order valence-electron chi connectivity index (χ3n) is 4.17.